The molecule has 11 nitrogen and oxygen atoms in total. The van der Waals surface area contributed by atoms with Crippen LogP contribution in [-0.2, 0) is 26.0 Å². The number of nitrogens with two attached hydrogens (primary N) is 1. The van der Waals surface area contributed by atoms with Crippen LogP contribution >= 0.6 is 11.3 Å². The van der Waals surface area contributed by atoms with Crippen LogP contribution in [0, 0.1) is 0 Å². The number of hydrogen-bond acceptors (Lipinski definition) is 8. The summed E-state index contributed by atoms with van der Waals surface area (Å²) < 4.78 is 40.8. The van der Waals surface area contributed by atoms with Crippen LogP contribution in [0.3, 0.4) is 0 Å². The predicted molar refractivity (Wildman–Crippen MR) is 94.1 cm³/mol. The number of fused-ring (bicyclic) bond motifs is 4. The van der Waals surface area contributed by atoms with Gasteiger partial charge in [0.05, 0.1) is 23.7 Å². The second-order valence-electron chi connectivity index (χ2n) is 6.10. The van der Waals surface area contributed by atoms with Crippen molar-refractivity contribution < 1.29 is 31.6 Å². The molecule has 148 valence electrons. The minimum Gasteiger partial charge on any atom is -0.434 e. The Labute approximate surface area is 163 Å². The number of carbonyl (C=O) groups excluding carboxylic acids is 2. The fraction of sp³-hybridized carbons (Fsp3) is 0.267. The molecule has 2 aliphatic heterocycles. The fourth-order valence-corrected chi connectivity index (χ4v) is 4.77. The second kappa shape index (κ2) is 6.70. The quantitative estimate of drug-likeness (QED) is 0.680. The number of hydroxylamine groups is 2. The molecule has 2 aliphatic rings. The van der Waals surface area contributed by atoms with Crippen molar-refractivity contribution in [1.82, 2.24) is 14.9 Å². The summed E-state index contributed by atoms with van der Waals surface area (Å²) in [5.74, 6) is 0. The average molecular weight is 426 g/mol. The molecule has 0 spiro atoms. The number of carbonyl (C=O) groups is 2. The molecule has 2 bridgehead atoms. The van der Waals surface area contributed by atoms with Crippen molar-refractivity contribution in [3.63, 3.8) is 0 Å². The molecule has 13 heteroatoms. The molecule has 3 amide bonds. The number of hydrogen-bond donors (Lipinski definition) is 2. The Bertz CT molecular complexity index is 1040. The van der Waals surface area contributed by atoms with Gasteiger partial charge < -0.3 is 15.4 Å². The number of urea groups is 1. The Morgan fingerprint density at radius 1 is 1.36 bits per heavy atom. The highest BCUT2D eigenvalue weighted by Crippen LogP contribution is 2.43. The summed E-state index contributed by atoms with van der Waals surface area (Å²) in [6.45, 7) is 0.306. The maximum atomic E-state index is 12.3. The average Bonchev–Trinajstić information content (AvgIpc) is 3.15. The number of rotatable bonds is 5. The maximum absolute atomic E-state index is 12.3. The van der Waals surface area contributed by atoms with E-state index in [1.165, 1.54) is 4.90 Å². The van der Waals surface area contributed by atoms with Crippen molar-refractivity contribution in [1.29, 1.82) is 0 Å². The highest BCUT2D eigenvalue weighted by molar-refractivity contribution is 7.80. The molecule has 1 fully saturated rings. The van der Waals surface area contributed by atoms with Crippen LogP contribution in [0.4, 0.5) is 9.59 Å². The molecule has 1 aromatic carbocycles. The van der Waals surface area contributed by atoms with Gasteiger partial charge in [0.15, 0.2) is 6.10 Å². The van der Waals surface area contributed by atoms with Crippen molar-refractivity contribution >= 4 is 33.9 Å². The first-order valence-electron chi connectivity index (χ1n) is 7.98. The van der Waals surface area contributed by atoms with Gasteiger partial charge in [0.1, 0.15) is 11.0 Å². The highest BCUT2D eigenvalue weighted by atomic mass is 32.3. The molecule has 3 heterocycles. The summed E-state index contributed by atoms with van der Waals surface area (Å²) in [6.07, 6.45) is -1.83. The third-order valence-electron chi connectivity index (χ3n) is 4.26. The largest absolute Gasteiger partial charge is 0.434 e. The number of nitrogens with zero attached hydrogens (tertiary/aromatic N) is 3. The number of amides is 3. The molecular formula is C15H14N4O7S2. The molecule has 2 unspecified atom stereocenters. The van der Waals surface area contributed by atoms with Crippen LogP contribution in [0.2, 0.25) is 0 Å². The van der Waals surface area contributed by atoms with Crippen LogP contribution in [0.5, 0.6) is 0 Å². The Morgan fingerprint density at radius 2 is 2.07 bits per heavy atom. The van der Waals surface area contributed by atoms with Crippen molar-refractivity contribution in [2.75, 3.05) is 6.54 Å². The molecule has 1 saturated heterocycles. The molecule has 3 N–H and O–H groups in total. The van der Waals surface area contributed by atoms with Gasteiger partial charge in [-0.3, -0.25) is 4.55 Å². The zero-order valence-electron chi connectivity index (χ0n) is 14.1. The Balaban J connectivity index is 1.71. The van der Waals surface area contributed by atoms with Crippen LogP contribution < -0.4 is 5.73 Å². The number of thiazole rings is 1. The van der Waals surface area contributed by atoms with E-state index in [9.17, 15) is 18.0 Å². The molecular weight excluding hydrogens is 412 g/mol. The lowest BCUT2D eigenvalue weighted by Crippen LogP contribution is -2.32. The Kier molecular flexibility index (Phi) is 4.45. The number of benzene rings is 1. The van der Waals surface area contributed by atoms with Gasteiger partial charge in [0.25, 0.3) is 0 Å². The van der Waals surface area contributed by atoms with Crippen LogP contribution in [0.25, 0.3) is 0 Å². The molecule has 4 rings (SSSR count). The van der Waals surface area contributed by atoms with E-state index in [2.05, 4.69) is 9.27 Å². The van der Waals surface area contributed by atoms with Crippen LogP contribution in [0.15, 0.2) is 30.3 Å². The number of primary amides is 1. The van der Waals surface area contributed by atoms with Crippen molar-refractivity contribution in [3.8, 4) is 0 Å². The molecule has 1 aromatic heterocycles. The van der Waals surface area contributed by atoms with Gasteiger partial charge in [-0.2, -0.15) is 13.5 Å². The number of aromatic nitrogens is 1. The van der Waals surface area contributed by atoms with E-state index in [1.54, 1.807) is 30.3 Å². The summed E-state index contributed by atoms with van der Waals surface area (Å²) in [4.78, 5) is 30.0. The smallest absolute Gasteiger partial charge is 0.418 e. The molecule has 0 aliphatic carbocycles. The summed E-state index contributed by atoms with van der Waals surface area (Å²) in [6, 6.07) is 7.39. The first kappa shape index (κ1) is 18.6. The summed E-state index contributed by atoms with van der Waals surface area (Å²) in [5.41, 5.74) is 6.38. The lowest BCUT2D eigenvalue weighted by molar-refractivity contribution is -0.0307. The zero-order chi connectivity index (χ0) is 20.1. The van der Waals surface area contributed by atoms with Crippen molar-refractivity contribution in [2.45, 2.75) is 18.7 Å². The number of ether oxygens (including phenoxy) is 1. The third-order valence-corrected chi connectivity index (χ3v) is 5.85. The third kappa shape index (κ3) is 3.40. The Morgan fingerprint density at radius 3 is 2.71 bits per heavy atom. The van der Waals surface area contributed by atoms with E-state index in [4.69, 9.17) is 15.0 Å². The van der Waals surface area contributed by atoms with Gasteiger partial charge in [0.2, 0.25) is 0 Å². The van der Waals surface area contributed by atoms with Crippen molar-refractivity contribution in [3.05, 3.63) is 51.5 Å². The fourth-order valence-electron chi connectivity index (χ4n) is 3.19. The second-order valence-corrected chi connectivity index (χ2v) is 8.16. The molecule has 2 aromatic rings. The summed E-state index contributed by atoms with van der Waals surface area (Å²) >= 11 is 1.15. The summed E-state index contributed by atoms with van der Waals surface area (Å²) in [7, 11) is -4.87. The van der Waals surface area contributed by atoms with E-state index in [-0.39, 0.29) is 13.1 Å². The van der Waals surface area contributed by atoms with E-state index < -0.39 is 34.7 Å². The minimum absolute atomic E-state index is 0.130. The van der Waals surface area contributed by atoms with Gasteiger partial charge in [-0.1, -0.05) is 30.3 Å². The molecule has 28 heavy (non-hydrogen) atoms. The maximum Gasteiger partial charge on any atom is 0.418 e. The highest BCUT2D eigenvalue weighted by Gasteiger charge is 2.48. The SMILES string of the molecule is NC(=O)OC(c1ccccc1)c1nc2c(s1)C1CN(C2)C(=O)N1OS(=O)(=O)O. The predicted octanol–water partition coefficient (Wildman–Crippen LogP) is 1.35. The standard InChI is InChI=1S/C15H14N4O7S2/c16-14(20)25-11(8-4-2-1-3-5-8)13-17-9-6-18-7-10(12(9)27-13)19(15(18)21)26-28(22,23)24/h1-5,10-11H,6-7H2,(H2,16,20)(H,22,23,24). The van der Waals surface area contributed by atoms with E-state index in [0.717, 1.165) is 11.3 Å². The molecule has 0 saturated carbocycles. The first-order valence-corrected chi connectivity index (χ1v) is 10.2. The van der Waals surface area contributed by atoms with Gasteiger partial charge >= 0.3 is 22.5 Å². The van der Waals surface area contributed by atoms with Gasteiger partial charge in [-0.05, 0) is 5.56 Å². The van der Waals surface area contributed by atoms with Gasteiger partial charge in [-0.25, -0.2) is 14.6 Å². The molecule has 2 atom stereocenters. The van der Waals surface area contributed by atoms with Crippen molar-refractivity contribution in [2.24, 2.45) is 5.73 Å². The Hall–Kier alpha value is -2.74. The normalized spacial score (nSPS) is 19.5. The van der Waals surface area contributed by atoms with E-state index in [1.807, 2.05) is 0 Å². The monoisotopic (exact) mass is 426 g/mol. The van der Waals surface area contributed by atoms with E-state index in [0.29, 0.717) is 26.2 Å². The summed E-state index contributed by atoms with van der Waals surface area (Å²) in [5, 5.41) is 1.03. The topological polar surface area (TPSA) is 152 Å². The minimum atomic E-state index is -4.87. The molecule has 0 radical (unpaired) electrons. The van der Waals surface area contributed by atoms with Gasteiger partial charge in [-0.15, -0.1) is 15.6 Å². The lowest BCUT2D eigenvalue weighted by atomic mass is 10.1. The zero-order valence-corrected chi connectivity index (χ0v) is 15.7. The van der Waals surface area contributed by atoms with Crippen LogP contribution in [0.1, 0.15) is 33.3 Å². The van der Waals surface area contributed by atoms with Gasteiger partial charge in [0, 0.05) is 0 Å². The lowest BCUT2D eigenvalue weighted by Gasteiger charge is -2.20. The van der Waals surface area contributed by atoms with Crippen LogP contribution in [-0.4, -0.2) is 46.6 Å². The van der Waals surface area contributed by atoms with E-state index >= 15 is 0 Å². The first-order chi connectivity index (χ1) is 13.2.